The molecule has 0 unspecified atom stereocenters. The van der Waals surface area contributed by atoms with Crippen molar-refractivity contribution in [3.8, 4) is 0 Å². The van der Waals surface area contributed by atoms with E-state index < -0.39 is 0 Å². The van der Waals surface area contributed by atoms with Gasteiger partial charge < -0.3 is 5.11 Å². The summed E-state index contributed by atoms with van der Waals surface area (Å²) in [7, 11) is 0. The fourth-order valence-electron chi connectivity index (χ4n) is 1.15. The van der Waals surface area contributed by atoms with E-state index in [1.54, 1.807) is 5.01 Å². The van der Waals surface area contributed by atoms with Gasteiger partial charge in [0, 0.05) is 20.0 Å². The molecular weight excluding hydrogens is 144 g/mol. The summed E-state index contributed by atoms with van der Waals surface area (Å²) >= 11 is 0. The molecule has 0 aliphatic carbocycles. The lowest BCUT2D eigenvalue weighted by Gasteiger charge is -2.28. The Kier molecular flexibility index (Phi) is 2.84. The van der Waals surface area contributed by atoms with Gasteiger partial charge in [0.1, 0.15) is 0 Å². The predicted octanol–water partition coefficient (Wildman–Crippen LogP) is -0.692. The zero-order valence-corrected chi connectivity index (χ0v) is 6.42. The molecule has 1 saturated heterocycles. The molecule has 0 aromatic rings. The zero-order chi connectivity index (χ0) is 8.27. The van der Waals surface area contributed by atoms with E-state index in [1.807, 2.05) is 0 Å². The van der Waals surface area contributed by atoms with Gasteiger partial charge in [-0.15, -0.1) is 0 Å². The summed E-state index contributed by atoms with van der Waals surface area (Å²) < 4.78 is 0. The molecule has 0 atom stereocenters. The number of hydrogen-bond donors (Lipinski definition) is 2. The lowest BCUT2D eigenvalue weighted by atomic mass is 10.1. The summed E-state index contributed by atoms with van der Waals surface area (Å²) in [6.45, 7) is 4.62. The quantitative estimate of drug-likeness (QED) is 0.529. The van der Waals surface area contributed by atoms with E-state index in [2.05, 4.69) is 12.3 Å². The molecule has 1 aliphatic heterocycles. The van der Waals surface area contributed by atoms with E-state index in [4.69, 9.17) is 5.11 Å². The number of aliphatic hydroxyl groups is 1. The van der Waals surface area contributed by atoms with Gasteiger partial charge in [0.15, 0.2) is 0 Å². The second-order valence-electron chi connectivity index (χ2n) is 2.75. The Morgan fingerprint density at radius 1 is 1.55 bits per heavy atom. The smallest absolute Gasteiger partial charge is 0.234 e. The van der Waals surface area contributed by atoms with Gasteiger partial charge in [0.2, 0.25) is 5.91 Å². The molecule has 1 heterocycles. The van der Waals surface area contributed by atoms with Crippen molar-refractivity contribution in [2.24, 2.45) is 0 Å². The fourth-order valence-corrected chi connectivity index (χ4v) is 1.15. The average molecular weight is 157 g/mol. The molecule has 0 bridgehead atoms. The summed E-state index contributed by atoms with van der Waals surface area (Å²) in [5.41, 5.74) is 2.57. The number of nitrogens with zero attached hydrogens (tertiary/aromatic N) is 1. The summed E-state index contributed by atoms with van der Waals surface area (Å²) in [5.74, 6) is -0.290. The molecule has 1 aliphatic rings. The fraction of sp³-hybridized carbons (Fsp3) is 0.714. The van der Waals surface area contributed by atoms with Crippen molar-refractivity contribution >= 4 is 5.91 Å². The number of nitrogens with one attached hydrogen (secondary N) is 1. The van der Waals surface area contributed by atoms with Gasteiger partial charge in [0.25, 0.3) is 0 Å². The van der Waals surface area contributed by atoms with Crippen LogP contribution in [0, 0.1) is 6.92 Å². The maximum absolute atomic E-state index is 10.5. The Bertz CT molecular complexity index is 141. The Morgan fingerprint density at radius 3 is 2.55 bits per heavy atom. The van der Waals surface area contributed by atoms with Crippen molar-refractivity contribution in [2.45, 2.75) is 18.9 Å². The van der Waals surface area contributed by atoms with Crippen LogP contribution in [0.15, 0.2) is 0 Å². The highest BCUT2D eigenvalue weighted by Gasteiger charge is 2.16. The highest BCUT2D eigenvalue weighted by Crippen LogP contribution is 2.06. The minimum absolute atomic E-state index is 0.201. The van der Waals surface area contributed by atoms with Crippen molar-refractivity contribution in [3.63, 3.8) is 0 Å². The molecule has 0 aromatic heterocycles. The third kappa shape index (κ3) is 2.86. The lowest BCUT2D eigenvalue weighted by Crippen LogP contribution is -2.46. The Labute approximate surface area is 66.2 Å². The highest BCUT2D eigenvalue weighted by atomic mass is 16.3. The summed E-state index contributed by atoms with van der Waals surface area (Å²) in [5, 5.41) is 10.9. The van der Waals surface area contributed by atoms with Crippen LogP contribution in [-0.4, -0.2) is 35.2 Å². The van der Waals surface area contributed by atoms with Crippen LogP contribution in [0.5, 0.6) is 0 Å². The van der Waals surface area contributed by atoms with Crippen LogP contribution < -0.4 is 5.43 Å². The van der Waals surface area contributed by atoms with Gasteiger partial charge in [-0.05, 0) is 12.8 Å². The molecule has 0 saturated carbocycles. The number of carbonyl (C=O) groups excluding carboxylic acids is 1. The van der Waals surface area contributed by atoms with Crippen LogP contribution in [0.3, 0.4) is 0 Å². The van der Waals surface area contributed by atoms with Gasteiger partial charge in [-0.1, -0.05) is 0 Å². The molecule has 2 N–H and O–H groups in total. The van der Waals surface area contributed by atoms with Gasteiger partial charge in [-0.3, -0.25) is 10.2 Å². The first-order valence-electron chi connectivity index (χ1n) is 3.74. The van der Waals surface area contributed by atoms with Gasteiger partial charge in [0.05, 0.1) is 6.10 Å². The first-order valence-corrected chi connectivity index (χ1v) is 3.74. The van der Waals surface area contributed by atoms with E-state index in [0.717, 1.165) is 12.8 Å². The van der Waals surface area contributed by atoms with Crippen LogP contribution in [0.2, 0.25) is 0 Å². The van der Waals surface area contributed by atoms with E-state index in [-0.39, 0.29) is 12.0 Å². The SMILES string of the molecule is [CH2]C(=O)NN1CCC(O)CC1. The van der Waals surface area contributed by atoms with Crippen molar-refractivity contribution < 1.29 is 9.90 Å². The molecule has 1 rings (SSSR count). The number of hydrazine groups is 1. The van der Waals surface area contributed by atoms with Crippen LogP contribution in [0.1, 0.15) is 12.8 Å². The third-order valence-corrected chi connectivity index (χ3v) is 1.75. The second kappa shape index (κ2) is 3.69. The van der Waals surface area contributed by atoms with E-state index in [1.165, 1.54) is 0 Å². The maximum atomic E-state index is 10.5. The summed E-state index contributed by atoms with van der Waals surface area (Å²) in [6, 6.07) is 0. The highest BCUT2D eigenvalue weighted by molar-refractivity contribution is 5.79. The molecule has 0 aromatic carbocycles. The first-order chi connectivity index (χ1) is 5.18. The number of rotatable bonds is 1. The minimum atomic E-state index is -0.290. The van der Waals surface area contributed by atoms with E-state index in [9.17, 15) is 4.79 Å². The normalized spacial score (nSPS) is 21.6. The van der Waals surface area contributed by atoms with E-state index >= 15 is 0 Å². The van der Waals surface area contributed by atoms with Crippen LogP contribution in [0.4, 0.5) is 0 Å². The molecule has 1 fully saturated rings. The number of aliphatic hydroxyl groups excluding tert-OH is 1. The van der Waals surface area contributed by atoms with Crippen LogP contribution >= 0.6 is 0 Å². The van der Waals surface area contributed by atoms with Crippen molar-refractivity contribution in [2.75, 3.05) is 13.1 Å². The Balaban J connectivity index is 2.22. The van der Waals surface area contributed by atoms with Crippen LogP contribution in [-0.2, 0) is 4.79 Å². The number of piperidine rings is 1. The van der Waals surface area contributed by atoms with Crippen molar-refractivity contribution in [1.29, 1.82) is 0 Å². The molecule has 63 valence electrons. The monoisotopic (exact) mass is 157 g/mol. The molecule has 4 heteroatoms. The number of amides is 1. The van der Waals surface area contributed by atoms with Gasteiger partial charge >= 0.3 is 0 Å². The Hall–Kier alpha value is -0.610. The lowest BCUT2D eigenvalue weighted by molar-refractivity contribution is -0.122. The van der Waals surface area contributed by atoms with Crippen LogP contribution in [0.25, 0.3) is 0 Å². The number of carbonyl (C=O) groups is 1. The molecule has 0 spiro atoms. The molecular formula is C7H13N2O2. The standard InChI is InChI=1S/C7H13N2O2/c1-6(10)8-9-4-2-7(11)3-5-9/h7,11H,1-5H2,(H,8,10). The molecule has 1 amide bonds. The van der Waals surface area contributed by atoms with Crippen molar-refractivity contribution in [1.82, 2.24) is 10.4 Å². The summed E-state index contributed by atoms with van der Waals surface area (Å²) in [4.78, 5) is 10.5. The van der Waals surface area contributed by atoms with Crippen molar-refractivity contribution in [3.05, 3.63) is 6.92 Å². The molecule has 11 heavy (non-hydrogen) atoms. The zero-order valence-electron chi connectivity index (χ0n) is 6.42. The average Bonchev–Trinajstić information content (AvgIpc) is 1.93. The largest absolute Gasteiger partial charge is 0.393 e. The first kappa shape index (κ1) is 8.49. The molecule has 4 nitrogen and oxygen atoms in total. The second-order valence-corrected chi connectivity index (χ2v) is 2.75. The van der Waals surface area contributed by atoms with Gasteiger partial charge in [-0.2, -0.15) is 0 Å². The Morgan fingerprint density at radius 2 is 2.09 bits per heavy atom. The summed E-state index contributed by atoms with van der Waals surface area (Å²) in [6.07, 6.45) is 1.24. The minimum Gasteiger partial charge on any atom is -0.393 e. The predicted molar refractivity (Wildman–Crippen MR) is 40.3 cm³/mol. The van der Waals surface area contributed by atoms with Gasteiger partial charge in [-0.25, -0.2) is 5.01 Å². The maximum Gasteiger partial charge on any atom is 0.234 e. The van der Waals surface area contributed by atoms with E-state index in [0.29, 0.717) is 13.1 Å². The molecule has 1 radical (unpaired) electrons. The third-order valence-electron chi connectivity index (χ3n) is 1.75. The topological polar surface area (TPSA) is 52.6 Å². The number of hydrogen-bond acceptors (Lipinski definition) is 3.